The zero-order chi connectivity index (χ0) is 18.9. The average molecular weight is 375 g/mol. The summed E-state index contributed by atoms with van der Waals surface area (Å²) in [6, 6.07) is 10.7. The number of carbonyl (C=O) groups is 1. The summed E-state index contributed by atoms with van der Waals surface area (Å²) in [6.45, 7) is 11.4. The number of nitrogens with one attached hydrogen (secondary N) is 1. The van der Waals surface area contributed by atoms with E-state index in [0.29, 0.717) is 6.10 Å². The Kier molecular flexibility index (Phi) is 7.93. The third kappa shape index (κ3) is 6.48. The zero-order valence-corrected chi connectivity index (χ0v) is 16.6. The van der Waals surface area contributed by atoms with Crippen LogP contribution in [0.15, 0.2) is 30.3 Å². The largest absolute Gasteiger partial charge is 0.378 e. The molecule has 27 heavy (non-hydrogen) atoms. The number of urea groups is 1. The number of piperidine rings is 1. The second-order valence-electron chi connectivity index (χ2n) is 7.48. The number of likely N-dealkylation sites (tertiary alicyclic amines) is 1. The maximum Gasteiger partial charge on any atom is 0.317 e. The molecule has 0 atom stereocenters. The number of benzene rings is 1. The molecule has 0 radical (unpaired) electrons. The van der Waals surface area contributed by atoms with Crippen molar-refractivity contribution in [2.75, 3.05) is 59.0 Å². The normalized spacial score (nSPS) is 20.0. The van der Waals surface area contributed by atoms with Crippen molar-refractivity contribution in [3.05, 3.63) is 35.9 Å². The van der Waals surface area contributed by atoms with Crippen molar-refractivity contribution in [2.45, 2.75) is 32.4 Å². The quantitative estimate of drug-likeness (QED) is 0.793. The van der Waals surface area contributed by atoms with E-state index in [4.69, 9.17) is 4.74 Å². The fourth-order valence-electron chi connectivity index (χ4n) is 3.91. The molecule has 2 aliphatic heterocycles. The first-order chi connectivity index (χ1) is 13.2. The van der Waals surface area contributed by atoms with Crippen LogP contribution < -0.4 is 5.32 Å². The van der Waals surface area contributed by atoms with Crippen LogP contribution in [0.2, 0.25) is 0 Å². The predicted octanol–water partition coefficient (Wildman–Crippen LogP) is 2.01. The Bertz CT molecular complexity index is 553. The summed E-state index contributed by atoms with van der Waals surface area (Å²) in [7, 11) is 0. The molecule has 1 aromatic rings. The minimum Gasteiger partial charge on any atom is -0.378 e. The topological polar surface area (TPSA) is 48.1 Å². The van der Waals surface area contributed by atoms with Crippen molar-refractivity contribution < 1.29 is 9.53 Å². The van der Waals surface area contributed by atoms with Crippen LogP contribution in [0.3, 0.4) is 0 Å². The highest BCUT2D eigenvalue weighted by molar-refractivity contribution is 5.74. The number of piperazine rings is 1. The Morgan fingerprint density at radius 1 is 1.04 bits per heavy atom. The SMILES string of the molecule is CCOC1CCN(C(=O)NCCN2CCN(Cc3ccccc3)CC2)CC1. The van der Waals surface area contributed by atoms with Crippen molar-refractivity contribution in [3.8, 4) is 0 Å². The van der Waals surface area contributed by atoms with E-state index < -0.39 is 0 Å². The second-order valence-corrected chi connectivity index (χ2v) is 7.48. The minimum atomic E-state index is 0.0765. The van der Waals surface area contributed by atoms with Crippen molar-refractivity contribution in [1.29, 1.82) is 0 Å². The van der Waals surface area contributed by atoms with Crippen LogP contribution in [0.25, 0.3) is 0 Å². The Labute approximate surface area is 163 Å². The zero-order valence-electron chi connectivity index (χ0n) is 16.6. The molecule has 2 fully saturated rings. The van der Waals surface area contributed by atoms with Crippen LogP contribution in [0.5, 0.6) is 0 Å². The van der Waals surface area contributed by atoms with E-state index in [0.717, 1.165) is 78.4 Å². The highest BCUT2D eigenvalue weighted by Crippen LogP contribution is 2.13. The lowest BCUT2D eigenvalue weighted by Gasteiger charge is -2.35. The summed E-state index contributed by atoms with van der Waals surface area (Å²) in [5.41, 5.74) is 1.38. The summed E-state index contributed by atoms with van der Waals surface area (Å²) in [4.78, 5) is 19.2. The Balaban J connectivity index is 1.27. The standard InChI is InChI=1S/C21H34N4O2/c1-2-27-20-8-11-25(12-9-20)21(26)22-10-13-23-14-16-24(17-15-23)18-19-6-4-3-5-7-19/h3-7,20H,2,8-18H2,1H3,(H,22,26). The predicted molar refractivity (Wildman–Crippen MR) is 108 cm³/mol. The van der Waals surface area contributed by atoms with Gasteiger partial charge in [0.15, 0.2) is 0 Å². The summed E-state index contributed by atoms with van der Waals surface area (Å²) in [5, 5.41) is 3.09. The van der Waals surface area contributed by atoms with Gasteiger partial charge in [0.25, 0.3) is 0 Å². The molecule has 0 bridgehead atoms. The molecule has 0 aromatic heterocycles. The van der Waals surface area contributed by atoms with Crippen LogP contribution >= 0.6 is 0 Å². The number of hydrogen-bond donors (Lipinski definition) is 1. The molecule has 0 aliphatic carbocycles. The molecule has 6 heteroatoms. The van der Waals surface area contributed by atoms with Gasteiger partial charge >= 0.3 is 6.03 Å². The monoisotopic (exact) mass is 374 g/mol. The lowest BCUT2D eigenvalue weighted by Crippen LogP contribution is -2.50. The molecule has 2 heterocycles. The summed E-state index contributed by atoms with van der Waals surface area (Å²) in [5.74, 6) is 0. The molecule has 6 nitrogen and oxygen atoms in total. The number of hydrogen-bond acceptors (Lipinski definition) is 4. The van der Waals surface area contributed by atoms with Crippen molar-refractivity contribution >= 4 is 6.03 Å². The number of carbonyl (C=O) groups excluding carboxylic acids is 1. The molecule has 1 N–H and O–H groups in total. The highest BCUT2D eigenvalue weighted by Gasteiger charge is 2.23. The van der Waals surface area contributed by atoms with Crippen molar-refractivity contribution in [3.63, 3.8) is 0 Å². The number of nitrogens with zero attached hydrogens (tertiary/aromatic N) is 3. The van der Waals surface area contributed by atoms with Crippen molar-refractivity contribution in [1.82, 2.24) is 20.0 Å². The van der Waals surface area contributed by atoms with Gasteiger partial charge in [-0.3, -0.25) is 9.80 Å². The molecule has 0 spiro atoms. The average Bonchev–Trinajstić information content (AvgIpc) is 2.71. The van der Waals surface area contributed by atoms with Gasteiger partial charge in [0.05, 0.1) is 6.10 Å². The Morgan fingerprint density at radius 3 is 2.37 bits per heavy atom. The van der Waals surface area contributed by atoms with Gasteiger partial charge in [-0.05, 0) is 25.3 Å². The van der Waals surface area contributed by atoms with Gasteiger partial charge < -0.3 is 15.0 Å². The maximum atomic E-state index is 12.3. The maximum absolute atomic E-state index is 12.3. The highest BCUT2D eigenvalue weighted by atomic mass is 16.5. The van der Waals surface area contributed by atoms with Gasteiger partial charge in [-0.2, -0.15) is 0 Å². The first-order valence-electron chi connectivity index (χ1n) is 10.4. The van der Waals surface area contributed by atoms with E-state index >= 15 is 0 Å². The molecule has 3 rings (SSSR count). The van der Waals surface area contributed by atoms with Gasteiger partial charge in [0, 0.05) is 65.5 Å². The van der Waals surface area contributed by atoms with E-state index in [9.17, 15) is 4.79 Å². The van der Waals surface area contributed by atoms with Crippen LogP contribution in [0, 0.1) is 0 Å². The van der Waals surface area contributed by atoms with Crippen LogP contribution in [-0.2, 0) is 11.3 Å². The van der Waals surface area contributed by atoms with Crippen LogP contribution in [0.4, 0.5) is 4.79 Å². The summed E-state index contributed by atoms with van der Waals surface area (Å²) >= 11 is 0. The van der Waals surface area contributed by atoms with E-state index in [1.165, 1.54) is 5.56 Å². The van der Waals surface area contributed by atoms with Gasteiger partial charge in [0.2, 0.25) is 0 Å². The first-order valence-corrected chi connectivity index (χ1v) is 10.4. The summed E-state index contributed by atoms with van der Waals surface area (Å²) in [6.07, 6.45) is 2.22. The third-order valence-electron chi connectivity index (χ3n) is 5.55. The Morgan fingerprint density at radius 2 is 1.70 bits per heavy atom. The smallest absolute Gasteiger partial charge is 0.317 e. The fraction of sp³-hybridized carbons (Fsp3) is 0.667. The van der Waals surface area contributed by atoms with Crippen LogP contribution in [-0.4, -0.2) is 85.8 Å². The van der Waals surface area contributed by atoms with Crippen LogP contribution in [0.1, 0.15) is 25.3 Å². The van der Waals surface area contributed by atoms with E-state index in [2.05, 4.69) is 45.4 Å². The van der Waals surface area contributed by atoms with Gasteiger partial charge in [-0.25, -0.2) is 4.79 Å². The lowest BCUT2D eigenvalue weighted by atomic mass is 10.1. The first kappa shape index (κ1) is 20.1. The number of rotatable bonds is 7. The molecule has 0 unspecified atom stereocenters. The van der Waals surface area contributed by atoms with E-state index in [1.54, 1.807) is 0 Å². The summed E-state index contributed by atoms with van der Waals surface area (Å²) < 4.78 is 5.65. The van der Waals surface area contributed by atoms with E-state index in [1.807, 2.05) is 11.8 Å². The van der Waals surface area contributed by atoms with Crippen molar-refractivity contribution in [2.24, 2.45) is 0 Å². The lowest BCUT2D eigenvalue weighted by molar-refractivity contribution is 0.0219. The molecule has 0 saturated carbocycles. The molecular weight excluding hydrogens is 340 g/mol. The number of amides is 2. The van der Waals surface area contributed by atoms with Gasteiger partial charge in [-0.1, -0.05) is 30.3 Å². The second kappa shape index (κ2) is 10.6. The van der Waals surface area contributed by atoms with Gasteiger partial charge in [0.1, 0.15) is 0 Å². The third-order valence-corrected chi connectivity index (χ3v) is 5.55. The molecule has 2 saturated heterocycles. The minimum absolute atomic E-state index is 0.0765. The molecule has 2 aliphatic rings. The fourth-order valence-corrected chi connectivity index (χ4v) is 3.91. The Hall–Kier alpha value is -1.63. The molecular formula is C21H34N4O2. The van der Waals surface area contributed by atoms with E-state index in [-0.39, 0.29) is 6.03 Å². The molecule has 2 amide bonds. The number of ether oxygens (including phenoxy) is 1. The molecule has 150 valence electrons. The molecule has 1 aromatic carbocycles. The van der Waals surface area contributed by atoms with Gasteiger partial charge in [-0.15, -0.1) is 0 Å².